The van der Waals surface area contributed by atoms with Crippen LogP contribution in [0.15, 0.2) is 0 Å². The molecule has 3 heteroatoms. The van der Waals surface area contributed by atoms with Crippen molar-refractivity contribution in [2.45, 2.75) is 70.9 Å². The van der Waals surface area contributed by atoms with Crippen molar-refractivity contribution in [2.24, 2.45) is 0 Å². The van der Waals surface area contributed by atoms with Gasteiger partial charge in [0.25, 0.3) is 0 Å². The summed E-state index contributed by atoms with van der Waals surface area (Å²) in [4.78, 5) is 0. The smallest absolute Gasteiger partial charge is 0.0898 e. The highest BCUT2D eigenvalue weighted by molar-refractivity contribution is 4.97. The summed E-state index contributed by atoms with van der Waals surface area (Å²) in [7, 11) is 0. The van der Waals surface area contributed by atoms with Crippen LogP contribution in [0.1, 0.15) is 58.8 Å². The van der Waals surface area contributed by atoms with Gasteiger partial charge in [-0.1, -0.05) is 51.9 Å². The molecule has 0 rings (SSSR count). The maximum atomic E-state index is 9.71. The molecule has 0 saturated heterocycles. The quantitative estimate of drug-likeness (QED) is 0.399. The van der Waals surface area contributed by atoms with Crippen LogP contribution < -0.4 is 5.32 Å². The van der Waals surface area contributed by atoms with Crippen molar-refractivity contribution < 1.29 is 9.84 Å². The Hall–Kier alpha value is -0.560. The molecule has 2 unspecified atom stereocenters. The van der Waals surface area contributed by atoms with Crippen molar-refractivity contribution in [3.8, 4) is 12.3 Å². The monoisotopic (exact) mass is 269 g/mol. The predicted octanol–water partition coefficient (Wildman–Crippen LogP) is 2.73. The third kappa shape index (κ3) is 12.2. The van der Waals surface area contributed by atoms with Crippen molar-refractivity contribution in [1.29, 1.82) is 0 Å². The third-order valence-electron chi connectivity index (χ3n) is 3.16. The lowest BCUT2D eigenvalue weighted by Gasteiger charge is -2.15. The van der Waals surface area contributed by atoms with Crippen LogP contribution in [-0.4, -0.2) is 37.0 Å². The van der Waals surface area contributed by atoms with E-state index in [1.54, 1.807) is 0 Å². The molecule has 0 spiro atoms. The van der Waals surface area contributed by atoms with Crippen LogP contribution in [0.3, 0.4) is 0 Å². The Labute approximate surface area is 119 Å². The largest absolute Gasteiger partial charge is 0.389 e. The van der Waals surface area contributed by atoms with E-state index < -0.39 is 6.10 Å². The van der Waals surface area contributed by atoms with Crippen molar-refractivity contribution in [2.75, 3.05) is 19.8 Å². The number of aliphatic hydroxyl groups excluding tert-OH is 1. The number of nitrogens with one attached hydrogen (secondary N) is 1. The molecule has 0 amide bonds. The Morgan fingerprint density at radius 1 is 1.16 bits per heavy atom. The van der Waals surface area contributed by atoms with Gasteiger partial charge >= 0.3 is 0 Å². The van der Waals surface area contributed by atoms with Gasteiger partial charge in [-0.15, -0.1) is 6.42 Å². The Morgan fingerprint density at radius 2 is 1.84 bits per heavy atom. The average Bonchev–Trinajstić information content (AvgIpc) is 2.43. The fourth-order valence-corrected chi connectivity index (χ4v) is 1.86. The first-order valence-electron chi connectivity index (χ1n) is 7.69. The summed E-state index contributed by atoms with van der Waals surface area (Å²) in [5.41, 5.74) is 0. The topological polar surface area (TPSA) is 41.5 Å². The summed E-state index contributed by atoms with van der Waals surface area (Å²) in [5.74, 6) is 2.64. The molecule has 0 aliphatic carbocycles. The predicted molar refractivity (Wildman–Crippen MR) is 81.1 cm³/mol. The zero-order valence-electron chi connectivity index (χ0n) is 12.7. The molecule has 19 heavy (non-hydrogen) atoms. The van der Waals surface area contributed by atoms with E-state index in [-0.39, 0.29) is 6.04 Å². The Kier molecular flexibility index (Phi) is 13.5. The van der Waals surface area contributed by atoms with Crippen LogP contribution in [0, 0.1) is 12.3 Å². The van der Waals surface area contributed by atoms with Gasteiger partial charge in [-0.3, -0.25) is 0 Å². The van der Waals surface area contributed by atoms with E-state index in [1.165, 1.54) is 32.1 Å². The highest BCUT2D eigenvalue weighted by atomic mass is 16.5. The highest BCUT2D eigenvalue weighted by Crippen LogP contribution is 2.04. The van der Waals surface area contributed by atoms with Gasteiger partial charge in [0.2, 0.25) is 0 Å². The molecule has 0 aromatic heterocycles. The minimum atomic E-state index is -0.470. The fourth-order valence-electron chi connectivity index (χ4n) is 1.86. The first-order chi connectivity index (χ1) is 9.24. The third-order valence-corrected chi connectivity index (χ3v) is 3.16. The summed E-state index contributed by atoms with van der Waals surface area (Å²) >= 11 is 0. The number of hydrogen-bond donors (Lipinski definition) is 2. The van der Waals surface area contributed by atoms with Gasteiger partial charge in [-0.2, -0.15) is 0 Å². The fraction of sp³-hybridized carbons (Fsp3) is 0.875. The molecule has 0 aliphatic heterocycles. The molecule has 3 nitrogen and oxygen atoms in total. The van der Waals surface area contributed by atoms with E-state index >= 15 is 0 Å². The molecule has 0 radical (unpaired) electrons. The number of terminal acetylenes is 1. The van der Waals surface area contributed by atoms with Crippen molar-refractivity contribution >= 4 is 0 Å². The summed E-state index contributed by atoms with van der Waals surface area (Å²) in [6, 6.07) is 0.0493. The van der Waals surface area contributed by atoms with Gasteiger partial charge in [0.1, 0.15) is 0 Å². The zero-order valence-corrected chi connectivity index (χ0v) is 12.7. The Bertz CT molecular complexity index is 225. The second-order valence-corrected chi connectivity index (χ2v) is 5.03. The standard InChI is InChI=1S/C16H31NO2/c1-4-7-8-9-10-11-12-19-14-16(18)13-17-15(5-2)6-3/h2,15-18H,4,6-14H2,1,3H3. The first kappa shape index (κ1) is 18.4. The molecule has 2 N–H and O–H groups in total. The van der Waals surface area contributed by atoms with Crippen LogP contribution in [0.4, 0.5) is 0 Å². The van der Waals surface area contributed by atoms with Crippen LogP contribution in [-0.2, 0) is 4.74 Å². The van der Waals surface area contributed by atoms with Gasteiger partial charge in [0.15, 0.2) is 0 Å². The van der Waals surface area contributed by atoms with Crippen molar-refractivity contribution in [3.05, 3.63) is 0 Å². The molecule has 0 bridgehead atoms. The molecular formula is C16H31NO2. The molecule has 0 fully saturated rings. The number of hydrogen-bond acceptors (Lipinski definition) is 3. The summed E-state index contributed by atoms with van der Waals surface area (Å²) in [6.45, 7) is 5.89. The molecule has 0 saturated carbocycles. The van der Waals surface area contributed by atoms with E-state index in [9.17, 15) is 5.11 Å². The normalized spacial score (nSPS) is 14.0. The lowest BCUT2D eigenvalue weighted by molar-refractivity contribution is 0.0348. The maximum Gasteiger partial charge on any atom is 0.0898 e. The van der Waals surface area contributed by atoms with Crippen LogP contribution in [0.5, 0.6) is 0 Å². The number of unbranched alkanes of at least 4 members (excludes halogenated alkanes) is 5. The van der Waals surface area contributed by atoms with E-state index in [1.807, 2.05) is 6.92 Å². The minimum Gasteiger partial charge on any atom is -0.389 e. The zero-order chi connectivity index (χ0) is 14.3. The lowest BCUT2D eigenvalue weighted by Crippen LogP contribution is -2.36. The van der Waals surface area contributed by atoms with E-state index in [0.717, 1.165) is 19.4 Å². The van der Waals surface area contributed by atoms with Gasteiger partial charge in [-0.25, -0.2) is 0 Å². The number of rotatable bonds is 13. The van der Waals surface area contributed by atoms with Gasteiger partial charge in [0.05, 0.1) is 18.8 Å². The second kappa shape index (κ2) is 13.9. The highest BCUT2D eigenvalue weighted by Gasteiger charge is 2.07. The number of ether oxygens (including phenoxy) is 1. The summed E-state index contributed by atoms with van der Waals surface area (Å²) < 4.78 is 5.46. The Balaban J connectivity index is 3.29. The minimum absolute atomic E-state index is 0.0493. The average molecular weight is 269 g/mol. The SMILES string of the molecule is C#CC(CC)NCC(O)COCCCCCCCC. The van der Waals surface area contributed by atoms with Crippen LogP contribution in [0.2, 0.25) is 0 Å². The lowest BCUT2D eigenvalue weighted by atomic mass is 10.1. The Morgan fingerprint density at radius 3 is 2.47 bits per heavy atom. The number of aliphatic hydroxyl groups is 1. The molecule has 0 aliphatic rings. The van der Waals surface area contributed by atoms with Crippen molar-refractivity contribution in [3.63, 3.8) is 0 Å². The van der Waals surface area contributed by atoms with Gasteiger partial charge in [0, 0.05) is 13.2 Å². The van der Waals surface area contributed by atoms with Crippen LogP contribution in [0.25, 0.3) is 0 Å². The molecule has 112 valence electrons. The second-order valence-electron chi connectivity index (χ2n) is 5.03. The molecule has 0 aromatic carbocycles. The molecular weight excluding hydrogens is 238 g/mol. The molecule has 0 aromatic rings. The van der Waals surface area contributed by atoms with Gasteiger partial charge in [-0.05, 0) is 12.8 Å². The molecule has 2 atom stereocenters. The summed E-state index contributed by atoms with van der Waals surface area (Å²) in [5, 5.41) is 12.8. The van der Waals surface area contributed by atoms with E-state index in [0.29, 0.717) is 13.2 Å². The maximum absolute atomic E-state index is 9.71. The molecule has 0 heterocycles. The van der Waals surface area contributed by atoms with Crippen molar-refractivity contribution in [1.82, 2.24) is 5.32 Å². The summed E-state index contributed by atoms with van der Waals surface area (Å²) in [6.07, 6.45) is 13.3. The van der Waals surface area contributed by atoms with E-state index in [2.05, 4.69) is 18.2 Å². The van der Waals surface area contributed by atoms with Crippen LogP contribution >= 0.6 is 0 Å². The first-order valence-corrected chi connectivity index (χ1v) is 7.69. The van der Waals surface area contributed by atoms with E-state index in [4.69, 9.17) is 11.2 Å². The van der Waals surface area contributed by atoms with Gasteiger partial charge < -0.3 is 15.2 Å².